The maximum atomic E-state index is 11.8. The van der Waals surface area contributed by atoms with Crippen molar-refractivity contribution in [1.82, 2.24) is 15.4 Å². The van der Waals surface area contributed by atoms with Gasteiger partial charge in [-0.25, -0.2) is 0 Å². The number of aryl methyl sites for hydroxylation is 1. The molecule has 1 heterocycles. The molecule has 92 valence electrons. The molecule has 0 radical (unpaired) electrons. The van der Waals surface area contributed by atoms with Gasteiger partial charge in [-0.15, -0.1) is 0 Å². The molecule has 0 saturated carbocycles. The Labute approximate surface area is 103 Å². The van der Waals surface area contributed by atoms with Gasteiger partial charge < -0.3 is 5.32 Å². The molecule has 1 aromatic carbocycles. The largest absolute Gasteiger partial charge is 0.321 e. The molecule has 6 nitrogen and oxygen atoms in total. The number of aromatic amines is 1. The lowest BCUT2D eigenvalue weighted by Gasteiger charge is -2.03. The quantitative estimate of drug-likeness (QED) is 0.802. The minimum atomic E-state index is -0.336. The average molecular weight is 244 g/mol. The number of Topliss-reactive ketones (excluding diaryl/α,β-unsaturated/α-hetero) is 1. The van der Waals surface area contributed by atoms with E-state index in [9.17, 15) is 9.59 Å². The maximum absolute atomic E-state index is 11.8. The highest BCUT2D eigenvalue weighted by Gasteiger charge is 2.13. The van der Waals surface area contributed by atoms with E-state index in [0.29, 0.717) is 16.9 Å². The zero-order valence-corrected chi connectivity index (χ0v) is 10.0. The summed E-state index contributed by atoms with van der Waals surface area (Å²) in [5, 5.41) is 12.6. The van der Waals surface area contributed by atoms with Crippen LogP contribution in [0.1, 0.15) is 33.5 Å². The lowest BCUT2D eigenvalue weighted by atomic mass is 10.1. The van der Waals surface area contributed by atoms with Gasteiger partial charge in [-0.05, 0) is 38.1 Å². The Bertz CT molecular complexity index is 586. The summed E-state index contributed by atoms with van der Waals surface area (Å²) in [4.78, 5) is 22.9. The van der Waals surface area contributed by atoms with Crippen LogP contribution in [0, 0.1) is 6.92 Å². The third kappa shape index (κ3) is 2.42. The summed E-state index contributed by atoms with van der Waals surface area (Å²) >= 11 is 0. The molecule has 1 aromatic heterocycles. The fourth-order valence-electron chi connectivity index (χ4n) is 1.48. The number of carbonyl (C=O) groups is 2. The second-order valence-electron chi connectivity index (χ2n) is 3.85. The number of aromatic nitrogens is 3. The van der Waals surface area contributed by atoms with E-state index in [4.69, 9.17) is 0 Å². The summed E-state index contributed by atoms with van der Waals surface area (Å²) in [5.74, 6) is -0.350. The maximum Gasteiger partial charge on any atom is 0.278 e. The van der Waals surface area contributed by atoms with E-state index in [2.05, 4.69) is 20.7 Å². The number of anilines is 1. The first-order valence-electron chi connectivity index (χ1n) is 5.37. The van der Waals surface area contributed by atoms with Crippen molar-refractivity contribution in [2.24, 2.45) is 0 Å². The van der Waals surface area contributed by atoms with Gasteiger partial charge in [-0.1, -0.05) is 0 Å². The van der Waals surface area contributed by atoms with E-state index in [1.807, 2.05) is 0 Å². The van der Waals surface area contributed by atoms with Crippen molar-refractivity contribution in [2.75, 3.05) is 5.32 Å². The predicted octanol–water partition coefficient (Wildman–Crippen LogP) is 1.57. The fraction of sp³-hybridized carbons (Fsp3) is 0.167. The van der Waals surface area contributed by atoms with Crippen LogP contribution < -0.4 is 5.32 Å². The number of benzene rings is 1. The van der Waals surface area contributed by atoms with Gasteiger partial charge in [-0.3, -0.25) is 9.59 Å². The average Bonchev–Trinajstić information content (AvgIpc) is 2.76. The van der Waals surface area contributed by atoms with Gasteiger partial charge in [0.15, 0.2) is 11.5 Å². The summed E-state index contributed by atoms with van der Waals surface area (Å²) in [7, 11) is 0. The molecular formula is C12H12N4O2. The molecule has 0 unspecified atom stereocenters. The van der Waals surface area contributed by atoms with E-state index < -0.39 is 0 Å². The van der Waals surface area contributed by atoms with Crippen molar-refractivity contribution in [3.05, 3.63) is 41.2 Å². The van der Waals surface area contributed by atoms with Crippen LogP contribution in [-0.2, 0) is 0 Å². The van der Waals surface area contributed by atoms with Crippen LogP contribution >= 0.6 is 0 Å². The van der Waals surface area contributed by atoms with E-state index in [-0.39, 0.29) is 17.4 Å². The molecule has 0 aliphatic heterocycles. The minimum Gasteiger partial charge on any atom is -0.321 e. The van der Waals surface area contributed by atoms with E-state index in [1.165, 1.54) is 6.92 Å². The van der Waals surface area contributed by atoms with Crippen molar-refractivity contribution in [2.45, 2.75) is 13.8 Å². The number of carbonyl (C=O) groups excluding carboxylic acids is 2. The lowest BCUT2D eigenvalue weighted by molar-refractivity contribution is 0.101. The first kappa shape index (κ1) is 12.0. The van der Waals surface area contributed by atoms with Gasteiger partial charge in [0.25, 0.3) is 5.91 Å². The molecule has 2 rings (SSSR count). The predicted molar refractivity (Wildman–Crippen MR) is 65.5 cm³/mol. The van der Waals surface area contributed by atoms with Crippen molar-refractivity contribution in [3.63, 3.8) is 0 Å². The Morgan fingerprint density at radius 3 is 2.33 bits per heavy atom. The summed E-state index contributed by atoms with van der Waals surface area (Å²) in [6.07, 6.45) is 0. The number of nitrogens with zero attached hydrogens (tertiary/aromatic N) is 2. The second-order valence-corrected chi connectivity index (χ2v) is 3.85. The fourth-order valence-corrected chi connectivity index (χ4v) is 1.48. The Balaban J connectivity index is 2.13. The topological polar surface area (TPSA) is 87.7 Å². The van der Waals surface area contributed by atoms with Gasteiger partial charge in [0.1, 0.15) is 0 Å². The lowest BCUT2D eigenvalue weighted by Crippen LogP contribution is -2.13. The molecule has 0 bridgehead atoms. The van der Waals surface area contributed by atoms with Crippen LogP contribution in [0.4, 0.5) is 5.69 Å². The van der Waals surface area contributed by atoms with Gasteiger partial charge >= 0.3 is 0 Å². The molecule has 1 amide bonds. The molecule has 0 spiro atoms. The number of amides is 1. The third-order valence-electron chi connectivity index (χ3n) is 2.49. The molecule has 0 fully saturated rings. The first-order chi connectivity index (χ1) is 8.58. The minimum absolute atomic E-state index is 0.0137. The Kier molecular flexibility index (Phi) is 3.18. The Morgan fingerprint density at radius 2 is 1.83 bits per heavy atom. The van der Waals surface area contributed by atoms with Crippen molar-refractivity contribution in [1.29, 1.82) is 0 Å². The molecule has 0 aliphatic rings. The standard InChI is InChI=1S/C12H12N4O2/c1-7-11(15-16-14-7)12(18)13-10-5-3-9(4-6-10)8(2)17/h3-6H,1-2H3,(H,13,18)(H,14,15,16). The van der Waals surface area contributed by atoms with Crippen molar-refractivity contribution < 1.29 is 9.59 Å². The number of ketones is 1. The number of H-pyrrole nitrogens is 1. The van der Waals surface area contributed by atoms with Crippen molar-refractivity contribution in [3.8, 4) is 0 Å². The molecular weight excluding hydrogens is 232 g/mol. The molecule has 0 atom stereocenters. The molecule has 0 aliphatic carbocycles. The zero-order valence-electron chi connectivity index (χ0n) is 10.0. The molecule has 2 N–H and O–H groups in total. The van der Waals surface area contributed by atoms with Crippen LogP contribution in [0.2, 0.25) is 0 Å². The number of nitrogens with one attached hydrogen (secondary N) is 2. The van der Waals surface area contributed by atoms with Gasteiger partial charge in [0, 0.05) is 11.3 Å². The summed E-state index contributed by atoms with van der Waals surface area (Å²) in [6, 6.07) is 6.66. The highest BCUT2D eigenvalue weighted by Crippen LogP contribution is 2.11. The molecule has 6 heteroatoms. The highest BCUT2D eigenvalue weighted by atomic mass is 16.2. The zero-order chi connectivity index (χ0) is 13.1. The smallest absolute Gasteiger partial charge is 0.278 e. The van der Waals surface area contributed by atoms with Gasteiger partial charge in [-0.2, -0.15) is 15.4 Å². The van der Waals surface area contributed by atoms with Crippen LogP contribution in [0.15, 0.2) is 24.3 Å². The van der Waals surface area contributed by atoms with E-state index in [1.54, 1.807) is 31.2 Å². The molecule has 2 aromatic rings. The Hall–Kier alpha value is -2.50. The van der Waals surface area contributed by atoms with Crippen LogP contribution in [-0.4, -0.2) is 27.1 Å². The normalized spacial score (nSPS) is 10.1. The SMILES string of the molecule is CC(=O)c1ccc(NC(=O)c2n[nH]nc2C)cc1. The second kappa shape index (κ2) is 4.79. The summed E-state index contributed by atoms with van der Waals surface area (Å²) in [6.45, 7) is 3.18. The summed E-state index contributed by atoms with van der Waals surface area (Å²) in [5.41, 5.74) is 2.00. The van der Waals surface area contributed by atoms with E-state index >= 15 is 0 Å². The Morgan fingerprint density at radius 1 is 1.17 bits per heavy atom. The van der Waals surface area contributed by atoms with E-state index in [0.717, 1.165) is 0 Å². The molecule has 18 heavy (non-hydrogen) atoms. The first-order valence-corrected chi connectivity index (χ1v) is 5.37. The summed E-state index contributed by atoms with van der Waals surface area (Å²) < 4.78 is 0. The van der Waals surface area contributed by atoms with Crippen LogP contribution in [0.3, 0.4) is 0 Å². The number of rotatable bonds is 3. The number of hydrogen-bond acceptors (Lipinski definition) is 4. The van der Waals surface area contributed by atoms with Crippen molar-refractivity contribution >= 4 is 17.4 Å². The monoisotopic (exact) mass is 244 g/mol. The van der Waals surface area contributed by atoms with Crippen LogP contribution in [0.25, 0.3) is 0 Å². The highest BCUT2D eigenvalue weighted by molar-refractivity contribution is 6.03. The molecule has 0 saturated heterocycles. The van der Waals surface area contributed by atoms with Gasteiger partial charge in [0.05, 0.1) is 5.69 Å². The third-order valence-corrected chi connectivity index (χ3v) is 2.49. The van der Waals surface area contributed by atoms with Crippen LogP contribution in [0.5, 0.6) is 0 Å². The van der Waals surface area contributed by atoms with Gasteiger partial charge in [0.2, 0.25) is 0 Å². The number of hydrogen-bond donors (Lipinski definition) is 2.